The lowest BCUT2D eigenvalue weighted by molar-refractivity contribution is -0.143. The van der Waals surface area contributed by atoms with Crippen LogP contribution in [0.2, 0.25) is 0 Å². The molecule has 1 rings (SSSR count). The van der Waals surface area contributed by atoms with Gasteiger partial charge in [-0.15, -0.1) is 0 Å². The minimum atomic E-state index is -4.65. The number of esters is 1. The summed E-state index contributed by atoms with van der Waals surface area (Å²) in [5, 5.41) is 9.04. The molecule has 0 saturated carbocycles. The highest BCUT2D eigenvalue weighted by Crippen LogP contribution is 2.34. The molecule has 0 saturated heterocycles. The standard InChI is InChI=1S/C13H13F3N2O2/c1-2-20-12(19)5-9-10(7-18)8(6-17)3-4-11(9)13(14,15)16/h3-4H,2,5-6,17H2,1H3. The van der Waals surface area contributed by atoms with Crippen molar-refractivity contribution in [3.8, 4) is 6.07 Å². The van der Waals surface area contributed by atoms with Crippen molar-refractivity contribution >= 4 is 5.97 Å². The average molecular weight is 286 g/mol. The summed E-state index contributed by atoms with van der Waals surface area (Å²) >= 11 is 0. The lowest BCUT2D eigenvalue weighted by atomic mass is 9.94. The average Bonchev–Trinajstić information content (AvgIpc) is 2.36. The van der Waals surface area contributed by atoms with E-state index in [0.717, 1.165) is 12.1 Å². The number of halogens is 3. The van der Waals surface area contributed by atoms with Crippen LogP contribution in [-0.2, 0) is 28.7 Å². The number of carbonyl (C=O) groups excluding carboxylic acids is 1. The quantitative estimate of drug-likeness (QED) is 0.860. The zero-order valence-corrected chi connectivity index (χ0v) is 10.8. The highest BCUT2D eigenvalue weighted by Gasteiger charge is 2.35. The highest BCUT2D eigenvalue weighted by atomic mass is 19.4. The summed E-state index contributed by atoms with van der Waals surface area (Å²) in [4.78, 5) is 11.4. The van der Waals surface area contributed by atoms with Gasteiger partial charge in [-0.1, -0.05) is 6.07 Å². The van der Waals surface area contributed by atoms with E-state index < -0.39 is 24.1 Å². The van der Waals surface area contributed by atoms with Gasteiger partial charge in [0, 0.05) is 6.54 Å². The zero-order chi connectivity index (χ0) is 15.3. The van der Waals surface area contributed by atoms with Gasteiger partial charge in [0.25, 0.3) is 0 Å². The summed E-state index contributed by atoms with van der Waals surface area (Å²) in [5.74, 6) is -0.816. The van der Waals surface area contributed by atoms with Gasteiger partial charge < -0.3 is 10.5 Å². The van der Waals surface area contributed by atoms with Crippen LogP contribution in [0, 0.1) is 11.3 Å². The minimum Gasteiger partial charge on any atom is -0.466 e. The van der Waals surface area contributed by atoms with Crippen molar-refractivity contribution in [1.29, 1.82) is 5.26 Å². The van der Waals surface area contributed by atoms with Gasteiger partial charge in [-0.25, -0.2) is 0 Å². The third-order valence-corrected chi connectivity index (χ3v) is 2.66. The third kappa shape index (κ3) is 3.48. The molecule has 0 bridgehead atoms. The first kappa shape index (κ1) is 16.0. The number of benzene rings is 1. The second kappa shape index (κ2) is 6.39. The van der Waals surface area contributed by atoms with Crippen molar-refractivity contribution in [2.45, 2.75) is 26.1 Å². The van der Waals surface area contributed by atoms with E-state index in [-0.39, 0.29) is 29.8 Å². The molecule has 0 atom stereocenters. The maximum atomic E-state index is 12.9. The van der Waals surface area contributed by atoms with Crippen LogP contribution in [0.15, 0.2) is 12.1 Å². The Morgan fingerprint density at radius 3 is 2.55 bits per heavy atom. The van der Waals surface area contributed by atoms with Crippen LogP contribution < -0.4 is 5.73 Å². The van der Waals surface area contributed by atoms with Crippen LogP contribution >= 0.6 is 0 Å². The normalized spacial score (nSPS) is 11.0. The highest BCUT2D eigenvalue weighted by molar-refractivity contribution is 5.74. The summed E-state index contributed by atoms with van der Waals surface area (Å²) in [6.07, 6.45) is -5.26. The van der Waals surface area contributed by atoms with Crippen LogP contribution in [-0.4, -0.2) is 12.6 Å². The van der Waals surface area contributed by atoms with Crippen molar-refractivity contribution < 1.29 is 22.7 Å². The molecule has 0 unspecified atom stereocenters. The summed E-state index contributed by atoms with van der Waals surface area (Å²) < 4.78 is 43.5. The lowest BCUT2D eigenvalue weighted by Crippen LogP contribution is -2.17. The van der Waals surface area contributed by atoms with Crippen LogP contribution in [0.1, 0.15) is 29.2 Å². The number of nitrogens with zero attached hydrogens (tertiary/aromatic N) is 1. The topological polar surface area (TPSA) is 76.1 Å². The van der Waals surface area contributed by atoms with E-state index in [1.165, 1.54) is 0 Å². The van der Waals surface area contributed by atoms with Gasteiger partial charge in [-0.2, -0.15) is 18.4 Å². The van der Waals surface area contributed by atoms with Gasteiger partial charge in [0.1, 0.15) is 0 Å². The van der Waals surface area contributed by atoms with Gasteiger partial charge in [0.15, 0.2) is 0 Å². The number of nitriles is 1. The van der Waals surface area contributed by atoms with Gasteiger partial charge >= 0.3 is 12.1 Å². The molecule has 0 fully saturated rings. The molecule has 108 valence electrons. The van der Waals surface area contributed by atoms with Gasteiger partial charge in [-0.3, -0.25) is 4.79 Å². The van der Waals surface area contributed by atoms with Crippen molar-refractivity contribution in [3.05, 3.63) is 34.4 Å². The molecule has 0 heterocycles. The Morgan fingerprint density at radius 1 is 1.45 bits per heavy atom. The number of rotatable bonds is 4. The predicted molar refractivity (Wildman–Crippen MR) is 64.4 cm³/mol. The SMILES string of the molecule is CCOC(=O)Cc1c(C(F)(F)F)ccc(CN)c1C#N. The molecule has 2 N–H and O–H groups in total. The number of alkyl halides is 3. The first-order valence-electron chi connectivity index (χ1n) is 5.82. The second-order valence-corrected chi connectivity index (χ2v) is 3.92. The van der Waals surface area contributed by atoms with Crippen LogP contribution in [0.25, 0.3) is 0 Å². The molecule has 0 aromatic heterocycles. The van der Waals surface area contributed by atoms with E-state index in [1.54, 1.807) is 13.0 Å². The maximum Gasteiger partial charge on any atom is 0.416 e. The van der Waals surface area contributed by atoms with Crippen molar-refractivity contribution in [2.75, 3.05) is 6.61 Å². The van der Waals surface area contributed by atoms with Gasteiger partial charge in [0.05, 0.1) is 30.2 Å². The maximum absolute atomic E-state index is 12.9. The van der Waals surface area contributed by atoms with E-state index in [4.69, 9.17) is 11.0 Å². The second-order valence-electron chi connectivity index (χ2n) is 3.92. The molecule has 0 aliphatic heterocycles. The molecule has 20 heavy (non-hydrogen) atoms. The molecule has 0 amide bonds. The molecular formula is C13H13F3N2O2. The van der Waals surface area contributed by atoms with E-state index in [2.05, 4.69) is 4.74 Å². The zero-order valence-electron chi connectivity index (χ0n) is 10.8. The molecular weight excluding hydrogens is 273 g/mol. The molecule has 1 aromatic carbocycles. The number of carbonyl (C=O) groups is 1. The monoisotopic (exact) mass is 286 g/mol. The van der Waals surface area contributed by atoms with Crippen LogP contribution in [0.4, 0.5) is 13.2 Å². The lowest BCUT2D eigenvalue weighted by Gasteiger charge is -2.16. The van der Waals surface area contributed by atoms with Crippen LogP contribution in [0.3, 0.4) is 0 Å². The van der Waals surface area contributed by atoms with E-state index in [9.17, 15) is 18.0 Å². The fraction of sp³-hybridized carbons (Fsp3) is 0.385. The molecule has 4 nitrogen and oxygen atoms in total. The van der Waals surface area contributed by atoms with E-state index in [0.29, 0.717) is 0 Å². The van der Waals surface area contributed by atoms with Crippen LogP contribution in [0.5, 0.6) is 0 Å². The Hall–Kier alpha value is -2.07. The fourth-order valence-electron chi connectivity index (χ4n) is 1.81. The van der Waals surface area contributed by atoms with Gasteiger partial charge in [-0.05, 0) is 24.1 Å². The molecule has 0 aliphatic rings. The summed E-state index contributed by atoms with van der Waals surface area (Å²) in [6, 6.07) is 3.67. The third-order valence-electron chi connectivity index (χ3n) is 2.66. The number of hydrogen-bond donors (Lipinski definition) is 1. The summed E-state index contributed by atoms with van der Waals surface area (Å²) in [7, 11) is 0. The smallest absolute Gasteiger partial charge is 0.416 e. The largest absolute Gasteiger partial charge is 0.466 e. The molecule has 0 spiro atoms. The Morgan fingerprint density at radius 2 is 2.10 bits per heavy atom. The van der Waals surface area contributed by atoms with E-state index in [1.807, 2.05) is 0 Å². The molecule has 0 aliphatic carbocycles. The summed E-state index contributed by atoms with van der Waals surface area (Å²) in [5.41, 5.74) is 4.04. The molecule has 7 heteroatoms. The van der Waals surface area contributed by atoms with Gasteiger partial charge in [0.2, 0.25) is 0 Å². The fourth-order valence-corrected chi connectivity index (χ4v) is 1.81. The first-order valence-corrected chi connectivity index (χ1v) is 5.82. The number of hydrogen-bond acceptors (Lipinski definition) is 4. The first-order chi connectivity index (χ1) is 9.35. The Bertz CT molecular complexity index is 548. The predicted octanol–water partition coefficient (Wildman–Crippen LogP) is 2.14. The Labute approximate surface area is 113 Å². The minimum absolute atomic E-state index is 0.0542. The van der Waals surface area contributed by atoms with Crippen molar-refractivity contribution in [2.24, 2.45) is 5.73 Å². The molecule has 1 aromatic rings. The Balaban J connectivity index is 3.41. The van der Waals surface area contributed by atoms with E-state index >= 15 is 0 Å². The van der Waals surface area contributed by atoms with Crippen molar-refractivity contribution in [3.63, 3.8) is 0 Å². The van der Waals surface area contributed by atoms with Crippen molar-refractivity contribution in [1.82, 2.24) is 0 Å². The number of nitrogens with two attached hydrogens (primary N) is 1. The Kier molecular flexibility index (Phi) is 5.11. The number of ether oxygens (including phenoxy) is 1. The molecule has 0 radical (unpaired) electrons. The summed E-state index contributed by atoms with van der Waals surface area (Å²) in [6.45, 7) is 1.51.